The number of hydrogen-bond donors (Lipinski definition) is 3. The zero-order chi connectivity index (χ0) is 19.6. The Balaban J connectivity index is 1.34. The zero-order valence-electron chi connectivity index (χ0n) is 15.4. The van der Waals surface area contributed by atoms with Gasteiger partial charge in [-0.25, -0.2) is 8.42 Å². The van der Waals surface area contributed by atoms with E-state index in [2.05, 4.69) is 15.6 Å². The van der Waals surface area contributed by atoms with E-state index in [9.17, 15) is 13.2 Å². The van der Waals surface area contributed by atoms with Gasteiger partial charge in [-0.2, -0.15) is 0 Å². The van der Waals surface area contributed by atoms with Crippen LogP contribution < -0.4 is 10.6 Å². The number of carbonyl (C=O) groups is 1. The first-order valence-electron chi connectivity index (χ1n) is 9.47. The molecule has 0 atom stereocenters. The second-order valence-corrected chi connectivity index (χ2v) is 9.25. The monoisotopic (exact) mass is 397 g/mol. The van der Waals surface area contributed by atoms with Crippen molar-refractivity contribution in [1.29, 1.82) is 0 Å². The highest BCUT2D eigenvalue weighted by Gasteiger charge is 2.24. The van der Waals surface area contributed by atoms with Crippen molar-refractivity contribution >= 4 is 32.3 Å². The van der Waals surface area contributed by atoms with Crippen LogP contribution in [0, 0.1) is 0 Å². The number of sulfone groups is 1. The smallest absolute Gasteiger partial charge is 0.267 e. The lowest BCUT2D eigenvalue weighted by molar-refractivity contribution is 0.0947. The van der Waals surface area contributed by atoms with Gasteiger partial charge in [-0.3, -0.25) is 4.79 Å². The molecule has 1 saturated carbocycles. The Hall–Kier alpha value is -2.80. The van der Waals surface area contributed by atoms with Gasteiger partial charge in [0, 0.05) is 29.2 Å². The molecular formula is C21H23N3O3S. The molecule has 1 fully saturated rings. The van der Waals surface area contributed by atoms with E-state index in [-0.39, 0.29) is 11.7 Å². The first-order valence-corrected chi connectivity index (χ1v) is 11.1. The van der Waals surface area contributed by atoms with Gasteiger partial charge in [-0.15, -0.1) is 0 Å². The van der Waals surface area contributed by atoms with Gasteiger partial charge in [0.1, 0.15) is 5.69 Å². The first-order chi connectivity index (χ1) is 13.5. The van der Waals surface area contributed by atoms with Crippen LogP contribution in [0.25, 0.3) is 10.9 Å². The summed E-state index contributed by atoms with van der Waals surface area (Å²) in [5.74, 6) is 0.0290. The molecule has 3 N–H and O–H groups in total. The molecule has 0 saturated heterocycles. The number of hydrogen-bond acceptors (Lipinski definition) is 4. The van der Waals surface area contributed by atoms with E-state index < -0.39 is 9.84 Å². The third kappa shape index (κ3) is 4.36. The van der Waals surface area contributed by atoms with E-state index in [0.717, 1.165) is 29.4 Å². The molecule has 0 unspecified atom stereocenters. The Morgan fingerprint density at radius 2 is 1.86 bits per heavy atom. The predicted octanol–water partition coefficient (Wildman–Crippen LogP) is 3.34. The largest absolute Gasteiger partial charge is 0.385 e. The van der Waals surface area contributed by atoms with Gasteiger partial charge in [-0.05, 0) is 55.7 Å². The fourth-order valence-corrected chi connectivity index (χ4v) is 4.43. The van der Waals surface area contributed by atoms with Crippen LogP contribution in [0.5, 0.6) is 0 Å². The highest BCUT2D eigenvalue weighted by molar-refractivity contribution is 7.91. The van der Waals surface area contributed by atoms with Crippen LogP contribution in [0.3, 0.4) is 0 Å². The fourth-order valence-electron chi connectivity index (χ4n) is 3.10. The predicted molar refractivity (Wildman–Crippen MR) is 110 cm³/mol. The molecule has 6 nitrogen and oxygen atoms in total. The Kier molecular flexibility index (Phi) is 5.09. The van der Waals surface area contributed by atoms with Gasteiger partial charge in [0.2, 0.25) is 0 Å². The molecule has 2 aromatic carbocycles. The van der Waals surface area contributed by atoms with Crippen LogP contribution in [-0.2, 0) is 9.84 Å². The molecule has 7 heteroatoms. The summed E-state index contributed by atoms with van der Waals surface area (Å²) in [6.07, 6.45) is 2.62. The summed E-state index contributed by atoms with van der Waals surface area (Å²) in [6.45, 7) is 0.553. The molecule has 0 radical (unpaired) electrons. The van der Waals surface area contributed by atoms with Crippen LogP contribution in [-0.4, -0.2) is 37.6 Å². The second kappa shape index (κ2) is 7.67. The summed E-state index contributed by atoms with van der Waals surface area (Å²) >= 11 is 0. The molecule has 28 heavy (non-hydrogen) atoms. The number of amides is 1. The molecular weight excluding hydrogens is 374 g/mol. The number of aromatic nitrogens is 1. The molecule has 3 aromatic rings. The SMILES string of the molecule is O=C(NC1CC1)c1cc2cc(NCCCS(=O)(=O)c3ccccc3)ccc2[nH]1. The average molecular weight is 398 g/mol. The van der Waals surface area contributed by atoms with Crippen molar-refractivity contribution in [3.8, 4) is 0 Å². The van der Waals surface area contributed by atoms with E-state index in [4.69, 9.17) is 0 Å². The van der Waals surface area contributed by atoms with Gasteiger partial charge in [-0.1, -0.05) is 18.2 Å². The third-order valence-electron chi connectivity index (χ3n) is 4.80. The first kappa shape index (κ1) is 18.6. The maximum absolute atomic E-state index is 12.3. The number of aromatic amines is 1. The number of carbonyl (C=O) groups excluding carboxylic acids is 1. The molecule has 0 spiro atoms. The van der Waals surface area contributed by atoms with Crippen LogP contribution >= 0.6 is 0 Å². The van der Waals surface area contributed by atoms with Gasteiger partial charge < -0.3 is 15.6 Å². The van der Waals surface area contributed by atoms with Gasteiger partial charge in [0.05, 0.1) is 10.6 Å². The van der Waals surface area contributed by atoms with E-state index in [0.29, 0.717) is 29.6 Å². The number of anilines is 1. The fraction of sp³-hybridized carbons (Fsp3) is 0.286. The van der Waals surface area contributed by atoms with Crippen molar-refractivity contribution in [3.63, 3.8) is 0 Å². The molecule has 1 aromatic heterocycles. The van der Waals surface area contributed by atoms with Crippen LogP contribution in [0.4, 0.5) is 5.69 Å². The van der Waals surface area contributed by atoms with Gasteiger partial charge in [0.25, 0.3) is 5.91 Å². The van der Waals surface area contributed by atoms with Gasteiger partial charge >= 0.3 is 0 Å². The van der Waals surface area contributed by atoms with Crippen molar-refractivity contribution < 1.29 is 13.2 Å². The molecule has 1 aliphatic rings. The van der Waals surface area contributed by atoms with Crippen molar-refractivity contribution in [2.45, 2.75) is 30.2 Å². The summed E-state index contributed by atoms with van der Waals surface area (Å²) in [4.78, 5) is 15.7. The highest BCUT2D eigenvalue weighted by Crippen LogP contribution is 2.22. The average Bonchev–Trinajstić information content (AvgIpc) is 3.40. The van der Waals surface area contributed by atoms with Crippen LogP contribution in [0.2, 0.25) is 0 Å². The lowest BCUT2D eigenvalue weighted by Crippen LogP contribution is -2.25. The summed E-state index contributed by atoms with van der Waals surface area (Å²) in [7, 11) is -3.25. The number of benzene rings is 2. The minimum absolute atomic E-state index is 0.0701. The molecule has 1 aliphatic carbocycles. The third-order valence-corrected chi connectivity index (χ3v) is 6.62. The topological polar surface area (TPSA) is 91.1 Å². The summed E-state index contributed by atoms with van der Waals surface area (Å²) < 4.78 is 24.6. The highest BCUT2D eigenvalue weighted by atomic mass is 32.2. The maximum atomic E-state index is 12.3. The molecule has 0 aliphatic heterocycles. The number of fused-ring (bicyclic) bond motifs is 1. The van der Waals surface area contributed by atoms with E-state index in [1.807, 2.05) is 24.3 Å². The number of H-pyrrole nitrogens is 1. The summed E-state index contributed by atoms with van der Waals surface area (Å²) in [5, 5.41) is 7.18. The van der Waals surface area contributed by atoms with Crippen molar-refractivity contribution in [3.05, 3.63) is 60.3 Å². The standard InChI is InChI=1S/C21H23N3O3S/c25-21(23-16-7-8-16)20-14-15-13-17(9-10-19(15)24-20)22-11-4-12-28(26,27)18-5-2-1-3-6-18/h1-3,5-6,9-10,13-14,16,22,24H,4,7-8,11-12H2,(H,23,25). The molecule has 1 amide bonds. The molecule has 4 rings (SSSR count). The van der Waals surface area contributed by atoms with E-state index in [1.54, 1.807) is 30.3 Å². The van der Waals surface area contributed by atoms with Crippen LogP contribution in [0.1, 0.15) is 29.8 Å². The van der Waals surface area contributed by atoms with E-state index in [1.165, 1.54) is 0 Å². The summed E-state index contributed by atoms with van der Waals surface area (Å²) in [6, 6.07) is 16.5. The normalized spacial score (nSPS) is 14.1. The van der Waals surface area contributed by atoms with Crippen molar-refractivity contribution in [2.24, 2.45) is 0 Å². The number of nitrogens with one attached hydrogen (secondary N) is 3. The minimum atomic E-state index is -3.25. The van der Waals surface area contributed by atoms with Crippen molar-refractivity contribution in [2.75, 3.05) is 17.6 Å². The quantitative estimate of drug-likeness (QED) is 0.509. The van der Waals surface area contributed by atoms with Crippen LogP contribution in [0.15, 0.2) is 59.5 Å². The molecule has 0 bridgehead atoms. The summed E-state index contributed by atoms with van der Waals surface area (Å²) in [5.41, 5.74) is 2.36. The lowest BCUT2D eigenvalue weighted by atomic mass is 10.2. The lowest BCUT2D eigenvalue weighted by Gasteiger charge is -2.07. The Morgan fingerprint density at radius 1 is 1.07 bits per heavy atom. The van der Waals surface area contributed by atoms with E-state index >= 15 is 0 Å². The Labute approximate surface area is 164 Å². The number of rotatable bonds is 8. The molecule has 146 valence electrons. The van der Waals surface area contributed by atoms with Crippen molar-refractivity contribution in [1.82, 2.24) is 10.3 Å². The Bertz CT molecular complexity index is 1090. The molecule has 1 heterocycles. The second-order valence-electron chi connectivity index (χ2n) is 7.15. The zero-order valence-corrected chi connectivity index (χ0v) is 16.3. The van der Waals surface area contributed by atoms with Gasteiger partial charge in [0.15, 0.2) is 9.84 Å². The minimum Gasteiger partial charge on any atom is -0.385 e. The Morgan fingerprint density at radius 3 is 2.61 bits per heavy atom. The maximum Gasteiger partial charge on any atom is 0.267 e.